The summed E-state index contributed by atoms with van der Waals surface area (Å²) in [5, 5.41) is 28.8. The third kappa shape index (κ3) is 5.36. The molecule has 0 aliphatic rings. The molecule has 0 fully saturated rings. The second kappa shape index (κ2) is 9.69. The van der Waals surface area contributed by atoms with Gasteiger partial charge in [0, 0.05) is 29.8 Å². The summed E-state index contributed by atoms with van der Waals surface area (Å²) in [5.41, 5.74) is 0.810. The molecule has 0 aliphatic carbocycles. The van der Waals surface area contributed by atoms with Crippen molar-refractivity contribution in [3.8, 4) is 11.8 Å². The first-order chi connectivity index (χ1) is 15.2. The van der Waals surface area contributed by atoms with Gasteiger partial charge in [0.25, 0.3) is 0 Å². The van der Waals surface area contributed by atoms with Crippen LogP contribution in [0.2, 0.25) is 0 Å². The lowest BCUT2D eigenvalue weighted by Gasteiger charge is -2.14. The maximum atomic E-state index is 12.8. The van der Waals surface area contributed by atoms with Gasteiger partial charge in [0.15, 0.2) is 27.4 Å². The summed E-state index contributed by atoms with van der Waals surface area (Å²) in [7, 11) is -3.91. The summed E-state index contributed by atoms with van der Waals surface area (Å²) in [5.74, 6) is -3.57. The zero-order valence-electron chi connectivity index (χ0n) is 17.1. The summed E-state index contributed by atoms with van der Waals surface area (Å²) in [6.07, 6.45) is 0.281. The largest absolute Gasteiger partial charge is 0.494 e. The SMILES string of the molecule is O=C(c1ccccc1)c1ccc(S(=O)(=O)CC(CCCn2c(O)ccc2O)C(=O)O)cc1. The number of aromatic hydroxyl groups is 2. The van der Waals surface area contributed by atoms with Crippen LogP contribution < -0.4 is 0 Å². The summed E-state index contributed by atoms with van der Waals surface area (Å²) < 4.78 is 26.7. The molecule has 1 atom stereocenters. The van der Waals surface area contributed by atoms with Crippen LogP contribution in [0.25, 0.3) is 0 Å². The van der Waals surface area contributed by atoms with Gasteiger partial charge < -0.3 is 15.3 Å². The number of hydrogen-bond acceptors (Lipinski definition) is 6. The van der Waals surface area contributed by atoms with Crippen molar-refractivity contribution in [2.75, 3.05) is 5.75 Å². The zero-order chi connectivity index (χ0) is 23.3. The number of carbonyl (C=O) groups excluding carboxylic acids is 1. The number of aromatic nitrogens is 1. The Bertz CT molecular complexity index is 1180. The fourth-order valence-corrected chi connectivity index (χ4v) is 4.96. The van der Waals surface area contributed by atoms with E-state index in [1.165, 1.54) is 41.0 Å². The average Bonchev–Trinajstić information content (AvgIpc) is 3.10. The second-order valence-corrected chi connectivity index (χ2v) is 9.41. The van der Waals surface area contributed by atoms with Crippen molar-refractivity contribution in [3.63, 3.8) is 0 Å². The first-order valence-corrected chi connectivity index (χ1v) is 11.6. The number of hydrogen-bond donors (Lipinski definition) is 3. The van der Waals surface area contributed by atoms with Gasteiger partial charge in [0.1, 0.15) is 0 Å². The number of ketones is 1. The Hall–Kier alpha value is -3.59. The standard InChI is InChI=1S/C23H23NO7S/c25-20-12-13-21(26)24(20)14-4-7-18(23(28)29)15-32(30,31)19-10-8-17(9-11-19)22(27)16-5-2-1-3-6-16/h1-3,5-6,8-13,18,25-26H,4,7,14-15H2,(H,28,29). The average molecular weight is 458 g/mol. The van der Waals surface area contributed by atoms with Crippen molar-refractivity contribution < 1.29 is 33.3 Å². The molecule has 0 saturated heterocycles. The highest BCUT2D eigenvalue weighted by molar-refractivity contribution is 7.91. The van der Waals surface area contributed by atoms with Crippen LogP contribution >= 0.6 is 0 Å². The highest BCUT2D eigenvalue weighted by atomic mass is 32.2. The topological polar surface area (TPSA) is 134 Å². The Kier molecular flexibility index (Phi) is 6.99. The van der Waals surface area contributed by atoms with Gasteiger partial charge in [-0.3, -0.25) is 14.2 Å². The van der Waals surface area contributed by atoms with Gasteiger partial charge in [-0.05, 0) is 37.1 Å². The number of carboxylic acid groups (broad SMARTS) is 1. The molecule has 168 valence electrons. The molecule has 0 amide bonds. The van der Waals surface area contributed by atoms with Gasteiger partial charge in [-0.1, -0.05) is 30.3 Å². The smallest absolute Gasteiger partial charge is 0.307 e. The van der Waals surface area contributed by atoms with Crippen LogP contribution in [-0.4, -0.2) is 45.8 Å². The number of sulfone groups is 1. The maximum Gasteiger partial charge on any atom is 0.307 e. The summed E-state index contributed by atoms with van der Waals surface area (Å²) in [4.78, 5) is 24.0. The van der Waals surface area contributed by atoms with Crippen LogP contribution in [0.3, 0.4) is 0 Å². The summed E-state index contributed by atoms with van der Waals surface area (Å²) >= 11 is 0. The van der Waals surface area contributed by atoms with Gasteiger partial charge >= 0.3 is 5.97 Å². The molecule has 1 aromatic heterocycles. The third-order valence-corrected chi connectivity index (χ3v) is 6.98. The minimum atomic E-state index is -3.91. The van der Waals surface area contributed by atoms with E-state index in [-0.39, 0.29) is 41.8 Å². The van der Waals surface area contributed by atoms with Crippen LogP contribution in [0, 0.1) is 5.92 Å². The Morgan fingerprint density at radius 1 is 0.844 bits per heavy atom. The zero-order valence-corrected chi connectivity index (χ0v) is 17.9. The van der Waals surface area contributed by atoms with Gasteiger partial charge in [-0.2, -0.15) is 0 Å². The highest BCUT2D eigenvalue weighted by Crippen LogP contribution is 2.24. The van der Waals surface area contributed by atoms with Gasteiger partial charge in [0.2, 0.25) is 0 Å². The van der Waals surface area contributed by atoms with Crippen molar-refractivity contribution in [2.24, 2.45) is 5.92 Å². The lowest BCUT2D eigenvalue weighted by atomic mass is 10.0. The predicted molar refractivity (Wildman–Crippen MR) is 116 cm³/mol. The van der Waals surface area contributed by atoms with Crippen molar-refractivity contribution in [2.45, 2.75) is 24.3 Å². The minimum absolute atomic E-state index is 0.0379. The van der Waals surface area contributed by atoms with E-state index < -0.39 is 27.5 Å². The van der Waals surface area contributed by atoms with E-state index in [0.29, 0.717) is 11.1 Å². The fraction of sp³-hybridized carbons (Fsp3) is 0.217. The molecule has 3 aromatic rings. The van der Waals surface area contributed by atoms with Crippen LogP contribution in [-0.2, 0) is 21.2 Å². The van der Waals surface area contributed by atoms with Gasteiger partial charge in [0.05, 0.1) is 16.6 Å². The second-order valence-electron chi connectivity index (χ2n) is 7.38. The Balaban J connectivity index is 1.67. The Morgan fingerprint density at radius 2 is 1.41 bits per heavy atom. The molecule has 0 bridgehead atoms. The minimum Gasteiger partial charge on any atom is -0.494 e. The molecule has 0 spiro atoms. The van der Waals surface area contributed by atoms with Crippen molar-refractivity contribution in [1.29, 1.82) is 0 Å². The van der Waals surface area contributed by atoms with E-state index in [0.717, 1.165) is 0 Å². The van der Waals surface area contributed by atoms with Crippen LogP contribution in [0.15, 0.2) is 71.6 Å². The Labute approximate surface area is 185 Å². The fourth-order valence-electron chi connectivity index (χ4n) is 3.38. The van der Waals surface area contributed by atoms with Crippen molar-refractivity contribution >= 4 is 21.6 Å². The molecule has 3 rings (SSSR count). The molecule has 0 aliphatic heterocycles. The molecular formula is C23H23NO7S. The quantitative estimate of drug-likeness (QED) is 0.398. The van der Waals surface area contributed by atoms with Crippen LogP contribution in [0.4, 0.5) is 0 Å². The van der Waals surface area contributed by atoms with E-state index in [1.54, 1.807) is 30.3 Å². The highest BCUT2D eigenvalue weighted by Gasteiger charge is 2.27. The van der Waals surface area contributed by atoms with Gasteiger partial charge in [-0.25, -0.2) is 8.42 Å². The number of carbonyl (C=O) groups is 2. The van der Waals surface area contributed by atoms with Crippen LogP contribution in [0.1, 0.15) is 28.8 Å². The Morgan fingerprint density at radius 3 is 1.97 bits per heavy atom. The number of benzene rings is 2. The molecular weight excluding hydrogens is 434 g/mol. The lowest BCUT2D eigenvalue weighted by molar-refractivity contribution is -0.141. The number of rotatable bonds is 10. The lowest BCUT2D eigenvalue weighted by Crippen LogP contribution is -2.24. The van der Waals surface area contributed by atoms with E-state index in [2.05, 4.69) is 0 Å². The molecule has 9 heteroatoms. The van der Waals surface area contributed by atoms with E-state index >= 15 is 0 Å². The molecule has 2 aromatic carbocycles. The first-order valence-electron chi connectivity index (χ1n) is 9.92. The predicted octanol–water partition coefficient (Wildman–Crippen LogP) is 3.09. The summed E-state index contributed by atoms with van der Waals surface area (Å²) in [6.45, 7) is 0.144. The molecule has 8 nitrogen and oxygen atoms in total. The molecule has 1 heterocycles. The van der Waals surface area contributed by atoms with Crippen LogP contribution in [0.5, 0.6) is 11.8 Å². The van der Waals surface area contributed by atoms with Crippen molar-refractivity contribution in [3.05, 3.63) is 77.9 Å². The summed E-state index contributed by atoms with van der Waals surface area (Å²) in [6, 6.07) is 16.6. The molecule has 3 N–H and O–H groups in total. The number of aliphatic carboxylic acids is 1. The number of nitrogens with zero attached hydrogens (tertiary/aromatic N) is 1. The normalized spacial score (nSPS) is 12.4. The first kappa shape index (κ1) is 23.1. The van der Waals surface area contributed by atoms with Crippen molar-refractivity contribution in [1.82, 2.24) is 4.57 Å². The molecule has 32 heavy (non-hydrogen) atoms. The molecule has 0 radical (unpaired) electrons. The molecule has 0 saturated carbocycles. The van der Waals surface area contributed by atoms with E-state index in [4.69, 9.17) is 0 Å². The third-order valence-electron chi connectivity index (χ3n) is 5.15. The monoisotopic (exact) mass is 457 g/mol. The maximum absolute atomic E-state index is 12.8. The van der Waals surface area contributed by atoms with Gasteiger partial charge in [-0.15, -0.1) is 0 Å². The van der Waals surface area contributed by atoms with E-state index in [9.17, 15) is 33.3 Å². The molecule has 1 unspecified atom stereocenters. The van der Waals surface area contributed by atoms with E-state index in [1.807, 2.05) is 0 Å². The number of carboxylic acids is 1.